The van der Waals surface area contributed by atoms with Crippen LogP contribution in [0.15, 0.2) is 48.7 Å². The van der Waals surface area contributed by atoms with Gasteiger partial charge >= 0.3 is 0 Å². The van der Waals surface area contributed by atoms with Gasteiger partial charge in [0, 0.05) is 37.5 Å². The van der Waals surface area contributed by atoms with E-state index in [4.69, 9.17) is 0 Å². The monoisotopic (exact) mass is 346 g/mol. The Hall–Kier alpha value is -2.18. The predicted octanol–water partition coefficient (Wildman–Crippen LogP) is 2.15. The molecule has 24 heavy (non-hydrogen) atoms. The summed E-state index contributed by atoms with van der Waals surface area (Å²) in [5, 5.41) is 0. The lowest BCUT2D eigenvalue weighted by Gasteiger charge is -2.20. The minimum absolute atomic E-state index is 0.182. The fourth-order valence-corrected chi connectivity index (χ4v) is 2.83. The molecular formula is C18H22N2O3S. The Kier molecular flexibility index (Phi) is 6.11. The molecule has 1 aromatic heterocycles. The molecule has 0 unspecified atom stereocenters. The molecule has 2 aromatic rings. The third-order valence-corrected chi connectivity index (χ3v) is 4.46. The Morgan fingerprint density at radius 1 is 1.12 bits per heavy atom. The van der Waals surface area contributed by atoms with Crippen molar-refractivity contribution in [1.29, 1.82) is 0 Å². The summed E-state index contributed by atoms with van der Waals surface area (Å²) < 4.78 is 34.3. The van der Waals surface area contributed by atoms with E-state index >= 15 is 0 Å². The van der Waals surface area contributed by atoms with Crippen LogP contribution in [0.3, 0.4) is 0 Å². The van der Waals surface area contributed by atoms with Crippen molar-refractivity contribution in [3.05, 3.63) is 59.9 Å². The SMILES string of the molecule is CC[n+]1ccccc1/C=C/c1ccc(N(C)CCS(=O)(=O)[O-])cc1. The van der Waals surface area contributed by atoms with Gasteiger partial charge in [-0.2, -0.15) is 4.57 Å². The molecule has 0 amide bonds. The lowest BCUT2D eigenvalue weighted by molar-refractivity contribution is -0.695. The molecule has 0 aliphatic rings. The minimum atomic E-state index is -4.19. The molecule has 0 N–H and O–H groups in total. The first-order chi connectivity index (χ1) is 11.4. The number of anilines is 1. The van der Waals surface area contributed by atoms with Crippen LogP contribution in [0.1, 0.15) is 18.2 Å². The quantitative estimate of drug-likeness (QED) is 0.569. The summed E-state index contributed by atoms with van der Waals surface area (Å²) in [6.45, 7) is 3.19. The first-order valence-electron chi connectivity index (χ1n) is 7.80. The van der Waals surface area contributed by atoms with Crippen molar-refractivity contribution in [3.8, 4) is 0 Å². The molecule has 1 aromatic carbocycles. The standard InChI is InChI=1S/C18H22N2O3S/c1-3-20-13-5-4-6-18(20)12-9-16-7-10-17(11-8-16)19(2)14-15-24(21,22)23/h4-13H,3,14-15H2,1-2H3. The molecule has 0 aliphatic carbocycles. The lowest BCUT2D eigenvalue weighted by atomic mass is 10.1. The van der Waals surface area contributed by atoms with Crippen LogP contribution in [0.25, 0.3) is 12.2 Å². The van der Waals surface area contributed by atoms with Gasteiger partial charge in [0.2, 0.25) is 5.69 Å². The Labute approximate surface area is 143 Å². The zero-order valence-corrected chi connectivity index (χ0v) is 14.7. The van der Waals surface area contributed by atoms with Crippen LogP contribution in [0.5, 0.6) is 0 Å². The van der Waals surface area contributed by atoms with Crippen molar-refractivity contribution < 1.29 is 17.5 Å². The van der Waals surface area contributed by atoms with Gasteiger partial charge in [-0.25, -0.2) is 8.42 Å². The predicted molar refractivity (Wildman–Crippen MR) is 95.5 cm³/mol. The van der Waals surface area contributed by atoms with E-state index in [9.17, 15) is 13.0 Å². The number of nitrogens with zero attached hydrogens (tertiary/aromatic N) is 2. The normalized spacial score (nSPS) is 11.8. The van der Waals surface area contributed by atoms with Crippen molar-refractivity contribution in [3.63, 3.8) is 0 Å². The van der Waals surface area contributed by atoms with Gasteiger partial charge in [0.05, 0.1) is 15.9 Å². The topological polar surface area (TPSA) is 64.3 Å². The largest absolute Gasteiger partial charge is 0.748 e. The highest BCUT2D eigenvalue weighted by atomic mass is 32.2. The van der Waals surface area contributed by atoms with Crippen LogP contribution in [0.2, 0.25) is 0 Å². The molecule has 0 atom stereocenters. The van der Waals surface area contributed by atoms with Crippen LogP contribution < -0.4 is 9.47 Å². The first kappa shape index (κ1) is 18.2. The summed E-state index contributed by atoms with van der Waals surface area (Å²) in [4.78, 5) is 1.76. The number of benzene rings is 1. The summed E-state index contributed by atoms with van der Waals surface area (Å²) in [7, 11) is -2.42. The molecule has 0 bridgehead atoms. The van der Waals surface area contributed by atoms with Crippen molar-refractivity contribution in [2.75, 3.05) is 24.2 Å². The van der Waals surface area contributed by atoms with Crippen molar-refractivity contribution in [1.82, 2.24) is 0 Å². The summed E-state index contributed by atoms with van der Waals surface area (Å²) in [5.41, 5.74) is 3.05. The highest BCUT2D eigenvalue weighted by Gasteiger charge is 2.04. The fourth-order valence-electron chi connectivity index (χ4n) is 2.33. The van der Waals surface area contributed by atoms with Crippen molar-refractivity contribution >= 4 is 28.0 Å². The van der Waals surface area contributed by atoms with E-state index in [2.05, 4.69) is 23.6 Å². The van der Waals surface area contributed by atoms with E-state index in [-0.39, 0.29) is 6.54 Å². The summed E-state index contributed by atoms with van der Waals surface area (Å²) in [6.07, 6.45) is 6.14. The molecule has 0 radical (unpaired) electrons. The second kappa shape index (κ2) is 8.08. The second-order valence-electron chi connectivity index (χ2n) is 5.52. The average molecular weight is 346 g/mol. The van der Waals surface area contributed by atoms with Crippen LogP contribution in [-0.2, 0) is 16.7 Å². The van der Waals surface area contributed by atoms with E-state index in [1.807, 2.05) is 48.7 Å². The third-order valence-electron chi connectivity index (χ3n) is 3.77. The lowest BCUT2D eigenvalue weighted by Crippen LogP contribution is -2.34. The smallest absolute Gasteiger partial charge is 0.205 e. The van der Waals surface area contributed by atoms with Gasteiger partial charge in [0.1, 0.15) is 6.54 Å². The number of aryl methyl sites for hydroxylation is 1. The van der Waals surface area contributed by atoms with Gasteiger partial charge in [-0.3, -0.25) is 0 Å². The van der Waals surface area contributed by atoms with Crippen LogP contribution in [0, 0.1) is 0 Å². The summed E-state index contributed by atoms with van der Waals surface area (Å²) >= 11 is 0. The maximum absolute atomic E-state index is 10.7. The number of aromatic nitrogens is 1. The maximum atomic E-state index is 10.7. The Balaban J connectivity index is 2.05. The van der Waals surface area contributed by atoms with Gasteiger partial charge in [-0.1, -0.05) is 12.1 Å². The van der Waals surface area contributed by atoms with Crippen LogP contribution in [0.4, 0.5) is 5.69 Å². The zero-order valence-electron chi connectivity index (χ0n) is 13.9. The molecule has 2 rings (SSSR count). The van der Waals surface area contributed by atoms with Gasteiger partial charge < -0.3 is 9.45 Å². The Bertz CT molecular complexity index is 799. The highest BCUT2D eigenvalue weighted by molar-refractivity contribution is 7.85. The molecule has 0 aliphatic heterocycles. The second-order valence-corrected chi connectivity index (χ2v) is 7.04. The molecular weight excluding hydrogens is 324 g/mol. The third kappa shape index (κ3) is 5.47. The molecule has 6 heteroatoms. The molecule has 1 heterocycles. The molecule has 0 saturated carbocycles. The van der Waals surface area contributed by atoms with E-state index in [1.165, 1.54) is 0 Å². The average Bonchev–Trinajstić information content (AvgIpc) is 2.58. The van der Waals surface area contributed by atoms with Gasteiger partial charge in [-0.15, -0.1) is 0 Å². The zero-order chi connectivity index (χ0) is 17.6. The minimum Gasteiger partial charge on any atom is -0.748 e. The molecule has 0 saturated heterocycles. The van der Waals surface area contributed by atoms with E-state index in [0.717, 1.165) is 23.5 Å². The van der Waals surface area contributed by atoms with Crippen LogP contribution in [-0.4, -0.2) is 32.3 Å². The number of rotatable bonds is 7. The number of pyridine rings is 1. The van der Waals surface area contributed by atoms with Crippen LogP contribution >= 0.6 is 0 Å². The van der Waals surface area contributed by atoms with Gasteiger partial charge in [0.25, 0.3) is 0 Å². The number of hydrogen-bond acceptors (Lipinski definition) is 4. The molecule has 0 fully saturated rings. The van der Waals surface area contributed by atoms with Gasteiger partial charge in [-0.05, 0) is 36.8 Å². The van der Waals surface area contributed by atoms with Crippen molar-refractivity contribution in [2.45, 2.75) is 13.5 Å². The highest BCUT2D eigenvalue weighted by Crippen LogP contribution is 2.15. The molecule has 128 valence electrons. The molecule has 5 nitrogen and oxygen atoms in total. The maximum Gasteiger partial charge on any atom is 0.205 e. The first-order valence-corrected chi connectivity index (χ1v) is 9.38. The van der Waals surface area contributed by atoms with E-state index < -0.39 is 15.9 Å². The van der Waals surface area contributed by atoms with E-state index in [0.29, 0.717) is 0 Å². The fraction of sp³-hybridized carbons (Fsp3) is 0.278. The van der Waals surface area contributed by atoms with Crippen molar-refractivity contribution in [2.24, 2.45) is 0 Å². The van der Waals surface area contributed by atoms with E-state index in [1.54, 1.807) is 11.9 Å². The molecule has 0 spiro atoms. The summed E-state index contributed by atoms with van der Waals surface area (Å²) in [6, 6.07) is 13.8. The van der Waals surface area contributed by atoms with Gasteiger partial charge in [0.15, 0.2) is 6.20 Å². The summed E-state index contributed by atoms with van der Waals surface area (Å²) in [5.74, 6) is -0.393. The number of hydrogen-bond donors (Lipinski definition) is 0. The Morgan fingerprint density at radius 3 is 2.46 bits per heavy atom. The Morgan fingerprint density at radius 2 is 1.83 bits per heavy atom.